The number of ether oxygens (including phenoxy) is 1. The lowest BCUT2D eigenvalue weighted by Gasteiger charge is -2.25. The van der Waals surface area contributed by atoms with E-state index in [1.54, 1.807) is 0 Å². The van der Waals surface area contributed by atoms with Gasteiger partial charge in [-0.2, -0.15) is 0 Å². The van der Waals surface area contributed by atoms with Gasteiger partial charge in [-0.1, -0.05) is 52.3 Å². The van der Waals surface area contributed by atoms with Gasteiger partial charge >= 0.3 is 0 Å². The van der Waals surface area contributed by atoms with Gasteiger partial charge in [0.05, 0.1) is 12.2 Å². The van der Waals surface area contributed by atoms with E-state index < -0.39 is 10.9 Å². The molecule has 2 aromatic rings. The number of hydrogen-bond acceptors (Lipinski definition) is 4. The number of anilines is 1. The Bertz CT molecular complexity index is 898. The summed E-state index contributed by atoms with van der Waals surface area (Å²) < 4.78 is 5.65. The lowest BCUT2D eigenvalue weighted by Crippen LogP contribution is -2.37. The van der Waals surface area contributed by atoms with Crippen LogP contribution >= 0.6 is 0 Å². The number of rotatable bonds is 6. The molecular formula is C21H25NO3. The first-order valence-electron chi connectivity index (χ1n) is 9.00. The third kappa shape index (κ3) is 2.70. The Labute approximate surface area is 148 Å². The van der Waals surface area contributed by atoms with Crippen molar-refractivity contribution in [1.82, 2.24) is 0 Å². The molecule has 3 rings (SSSR count). The summed E-state index contributed by atoms with van der Waals surface area (Å²) in [6, 6.07) is 8.15. The van der Waals surface area contributed by atoms with Crippen LogP contribution in [0.4, 0.5) is 5.69 Å². The first kappa shape index (κ1) is 17.5. The number of nitrogens with one attached hydrogen (secondary N) is 1. The van der Waals surface area contributed by atoms with Gasteiger partial charge in [0.2, 0.25) is 5.43 Å². The van der Waals surface area contributed by atoms with E-state index in [0.717, 1.165) is 29.8 Å². The van der Waals surface area contributed by atoms with E-state index in [1.165, 1.54) is 5.56 Å². The molecule has 1 heterocycles. The van der Waals surface area contributed by atoms with Crippen molar-refractivity contribution in [1.29, 1.82) is 0 Å². The van der Waals surface area contributed by atoms with Crippen molar-refractivity contribution in [3.05, 3.63) is 61.5 Å². The lowest BCUT2D eigenvalue weighted by molar-refractivity contribution is 0.302. The summed E-state index contributed by atoms with van der Waals surface area (Å²) in [5, 5.41) is 3.47. The first-order chi connectivity index (χ1) is 11.9. The average molecular weight is 339 g/mol. The van der Waals surface area contributed by atoms with Crippen LogP contribution in [0.1, 0.15) is 58.1 Å². The fraction of sp³-hybridized carbons (Fsp3) is 0.429. The largest absolute Gasteiger partial charge is 0.489 e. The lowest BCUT2D eigenvalue weighted by atomic mass is 9.80. The SMILES string of the molecule is CCCCOc1c(C(CC)=C2Nc3ccccc3C2(C)C)c(=O)c1=O. The number of unbranched alkanes of at least 4 members (excludes halogenated alkanes) is 1. The topological polar surface area (TPSA) is 55.4 Å². The quantitative estimate of drug-likeness (QED) is 0.639. The van der Waals surface area contributed by atoms with Gasteiger partial charge in [-0.3, -0.25) is 9.59 Å². The van der Waals surface area contributed by atoms with E-state index >= 15 is 0 Å². The van der Waals surface area contributed by atoms with Crippen molar-refractivity contribution >= 4 is 11.3 Å². The molecule has 25 heavy (non-hydrogen) atoms. The molecule has 0 saturated heterocycles. The Kier molecular flexibility index (Phi) is 4.55. The Balaban J connectivity index is 2.08. The molecule has 0 fully saturated rings. The van der Waals surface area contributed by atoms with Crippen molar-refractivity contribution < 1.29 is 4.74 Å². The summed E-state index contributed by atoms with van der Waals surface area (Å²) in [4.78, 5) is 24.3. The summed E-state index contributed by atoms with van der Waals surface area (Å²) in [5.41, 5.74) is 3.43. The van der Waals surface area contributed by atoms with Gasteiger partial charge in [0.25, 0.3) is 5.43 Å². The van der Waals surface area contributed by atoms with Crippen LogP contribution in [0.3, 0.4) is 0 Å². The van der Waals surface area contributed by atoms with Gasteiger partial charge in [0.1, 0.15) is 0 Å². The highest BCUT2D eigenvalue weighted by Crippen LogP contribution is 2.46. The van der Waals surface area contributed by atoms with E-state index in [1.807, 2.05) is 25.1 Å². The summed E-state index contributed by atoms with van der Waals surface area (Å²) in [6.07, 6.45) is 2.51. The van der Waals surface area contributed by atoms with E-state index in [2.05, 4.69) is 32.2 Å². The van der Waals surface area contributed by atoms with Gasteiger partial charge in [0.15, 0.2) is 5.75 Å². The van der Waals surface area contributed by atoms with Crippen molar-refractivity contribution in [2.24, 2.45) is 0 Å². The predicted octanol–water partition coefficient (Wildman–Crippen LogP) is 3.99. The van der Waals surface area contributed by atoms with E-state index in [0.29, 0.717) is 18.6 Å². The van der Waals surface area contributed by atoms with Gasteiger partial charge in [-0.05, 0) is 30.0 Å². The van der Waals surface area contributed by atoms with Crippen molar-refractivity contribution in [3.63, 3.8) is 0 Å². The Morgan fingerprint density at radius 3 is 2.48 bits per heavy atom. The normalized spacial score (nSPS) is 17.3. The zero-order chi connectivity index (χ0) is 18.2. The van der Waals surface area contributed by atoms with E-state index in [4.69, 9.17) is 4.74 Å². The summed E-state index contributed by atoms with van der Waals surface area (Å²) in [6.45, 7) is 8.82. The van der Waals surface area contributed by atoms with Crippen molar-refractivity contribution in [2.45, 2.75) is 52.4 Å². The number of hydrogen-bond donors (Lipinski definition) is 1. The molecule has 1 N–H and O–H groups in total. The second-order valence-corrected chi connectivity index (χ2v) is 7.07. The van der Waals surface area contributed by atoms with Crippen LogP contribution in [-0.2, 0) is 5.41 Å². The molecular weight excluding hydrogens is 314 g/mol. The van der Waals surface area contributed by atoms with Gasteiger partial charge in [-0.25, -0.2) is 0 Å². The number of para-hydroxylation sites is 1. The molecule has 1 aliphatic rings. The minimum absolute atomic E-state index is 0.247. The fourth-order valence-electron chi connectivity index (χ4n) is 3.60. The van der Waals surface area contributed by atoms with Gasteiger partial charge < -0.3 is 10.1 Å². The van der Waals surface area contributed by atoms with Crippen LogP contribution in [0, 0.1) is 0 Å². The third-order valence-electron chi connectivity index (χ3n) is 5.05. The monoisotopic (exact) mass is 339 g/mol. The van der Waals surface area contributed by atoms with Crippen LogP contribution in [0.2, 0.25) is 0 Å². The molecule has 0 amide bonds. The predicted molar refractivity (Wildman–Crippen MR) is 102 cm³/mol. The Morgan fingerprint density at radius 2 is 1.84 bits per heavy atom. The highest BCUT2D eigenvalue weighted by atomic mass is 16.5. The zero-order valence-corrected chi connectivity index (χ0v) is 15.4. The summed E-state index contributed by atoms with van der Waals surface area (Å²) >= 11 is 0. The maximum absolute atomic E-state index is 12.3. The maximum Gasteiger partial charge on any atom is 0.268 e. The molecule has 0 aliphatic carbocycles. The molecule has 0 bridgehead atoms. The molecule has 4 nitrogen and oxygen atoms in total. The number of allylic oxidation sites excluding steroid dienone is 2. The Morgan fingerprint density at radius 1 is 1.12 bits per heavy atom. The smallest absolute Gasteiger partial charge is 0.268 e. The molecule has 1 aliphatic heterocycles. The maximum atomic E-state index is 12.3. The van der Waals surface area contributed by atoms with Crippen LogP contribution < -0.4 is 20.9 Å². The third-order valence-corrected chi connectivity index (χ3v) is 5.05. The minimum atomic E-state index is -0.494. The molecule has 0 unspecified atom stereocenters. The highest BCUT2D eigenvalue weighted by Gasteiger charge is 2.38. The van der Waals surface area contributed by atoms with Gasteiger partial charge in [0, 0.05) is 16.8 Å². The zero-order valence-electron chi connectivity index (χ0n) is 15.4. The second-order valence-electron chi connectivity index (χ2n) is 7.07. The van der Waals surface area contributed by atoms with Crippen LogP contribution in [-0.4, -0.2) is 6.61 Å². The van der Waals surface area contributed by atoms with Crippen LogP contribution in [0.5, 0.6) is 5.75 Å². The molecule has 0 atom stereocenters. The van der Waals surface area contributed by atoms with Crippen molar-refractivity contribution in [3.8, 4) is 5.75 Å². The average Bonchev–Trinajstić information content (AvgIpc) is 2.88. The van der Waals surface area contributed by atoms with Gasteiger partial charge in [-0.15, -0.1) is 0 Å². The summed E-state index contributed by atoms with van der Waals surface area (Å²) in [5.74, 6) is 0.247. The fourth-order valence-corrected chi connectivity index (χ4v) is 3.60. The molecule has 4 heteroatoms. The van der Waals surface area contributed by atoms with Crippen molar-refractivity contribution in [2.75, 3.05) is 11.9 Å². The molecule has 2 aromatic carbocycles. The Hall–Kier alpha value is -2.36. The van der Waals surface area contributed by atoms with Crippen LogP contribution in [0.25, 0.3) is 5.57 Å². The molecule has 0 aromatic heterocycles. The molecule has 0 saturated carbocycles. The minimum Gasteiger partial charge on any atom is -0.489 e. The standard InChI is InChI=1S/C21H25NO3/c1-5-7-12-25-19-16(17(23)18(19)24)13(6-2)20-21(3,4)14-10-8-9-11-15(14)22-20/h8-11,22H,5-7,12H2,1-4H3. The van der Waals surface area contributed by atoms with Crippen LogP contribution in [0.15, 0.2) is 39.6 Å². The second kappa shape index (κ2) is 6.51. The first-order valence-corrected chi connectivity index (χ1v) is 9.00. The number of fused-ring (bicyclic) bond motifs is 1. The van der Waals surface area contributed by atoms with E-state index in [-0.39, 0.29) is 11.2 Å². The number of benzene rings is 1. The van der Waals surface area contributed by atoms with E-state index in [9.17, 15) is 9.59 Å². The molecule has 132 valence electrons. The molecule has 0 spiro atoms. The highest BCUT2D eigenvalue weighted by molar-refractivity contribution is 5.83. The summed E-state index contributed by atoms with van der Waals surface area (Å²) in [7, 11) is 0. The molecule has 0 radical (unpaired) electrons.